The summed E-state index contributed by atoms with van der Waals surface area (Å²) in [6.07, 6.45) is 0. The zero-order valence-corrected chi connectivity index (χ0v) is 11.7. The largest absolute Gasteiger partial charge is 0.380 e. The first kappa shape index (κ1) is 15.0. The Labute approximate surface area is 122 Å². The lowest BCUT2D eigenvalue weighted by Crippen LogP contribution is -2.28. The van der Waals surface area contributed by atoms with E-state index in [2.05, 4.69) is 10.6 Å². The third-order valence-electron chi connectivity index (χ3n) is 2.96. The fourth-order valence-corrected chi connectivity index (χ4v) is 1.91. The highest BCUT2D eigenvalue weighted by molar-refractivity contribution is 5.89. The van der Waals surface area contributed by atoms with Gasteiger partial charge >= 0.3 is 6.03 Å². The van der Waals surface area contributed by atoms with Crippen molar-refractivity contribution in [3.8, 4) is 0 Å². The predicted octanol–water partition coefficient (Wildman–Crippen LogP) is 3.29. The van der Waals surface area contributed by atoms with E-state index in [4.69, 9.17) is 4.74 Å². The molecule has 110 valence electrons. The van der Waals surface area contributed by atoms with Gasteiger partial charge < -0.3 is 15.4 Å². The number of carbonyl (C=O) groups is 1. The van der Waals surface area contributed by atoms with Crippen LogP contribution in [0.2, 0.25) is 0 Å². The zero-order chi connectivity index (χ0) is 15.1. The monoisotopic (exact) mass is 288 g/mol. The van der Waals surface area contributed by atoms with Gasteiger partial charge in [-0.05, 0) is 35.4 Å². The van der Waals surface area contributed by atoms with Crippen molar-refractivity contribution >= 4 is 11.7 Å². The summed E-state index contributed by atoms with van der Waals surface area (Å²) in [4.78, 5) is 11.8. The van der Waals surface area contributed by atoms with Gasteiger partial charge in [0, 0.05) is 19.3 Å². The predicted molar refractivity (Wildman–Crippen MR) is 79.4 cm³/mol. The second kappa shape index (κ2) is 7.40. The van der Waals surface area contributed by atoms with Gasteiger partial charge in [-0.3, -0.25) is 0 Å². The molecule has 0 aliphatic rings. The van der Waals surface area contributed by atoms with Gasteiger partial charge in [0.1, 0.15) is 5.82 Å². The summed E-state index contributed by atoms with van der Waals surface area (Å²) in [7, 11) is 1.63. The van der Waals surface area contributed by atoms with E-state index in [1.807, 2.05) is 24.3 Å². The highest BCUT2D eigenvalue weighted by Gasteiger charge is 2.05. The molecule has 5 heteroatoms. The minimum atomic E-state index is -0.339. The van der Waals surface area contributed by atoms with Gasteiger partial charge in [-0.1, -0.05) is 24.3 Å². The fraction of sp³-hybridized carbons (Fsp3) is 0.188. The number of halogens is 1. The molecule has 0 aliphatic heterocycles. The molecule has 0 saturated heterocycles. The molecule has 0 bridgehead atoms. The van der Waals surface area contributed by atoms with E-state index in [0.717, 1.165) is 11.1 Å². The number of carbonyl (C=O) groups excluding carboxylic acids is 1. The molecule has 21 heavy (non-hydrogen) atoms. The SMILES string of the molecule is COCc1ccccc1CNC(=O)Nc1ccc(F)cc1. The molecule has 0 aliphatic carbocycles. The number of hydrogen-bond donors (Lipinski definition) is 2. The van der Waals surface area contributed by atoms with Crippen LogP contribution in [-0.2, 0) is 17.9 Å². The third-order valence-corrected chi connectivity index (χ3v) is 2.96. The smallest absolute Gasteiger partial charge is 0.319 e. The molecule has 0 atom stereocenters. The summed E-state index contributed by atoms with van der Waals surface area (Å²) < 4.78 is 17.9. The molecule has 0 spiro atoms. The quantitative estimate of drug-likeness (QED) is 0.887. The lowest BCUT2D eigenvalue weighted by molar-refractivity contribution is 0.184. The van der Waals surface area contributed by atoms with Crippen LogP contribution >= 0.6 is 0 Å². The van der Waals surface area contributed by atoms with E-state index < -0.39 is 0 Å². The maximum Gasteiger partial charge on any atom is 0.319 e. The van der Waals surface area contributed by atoms with Crippen LogP contribution in [0.15, 0.2) is 48.5 Å². The molecule has 0 aromatic heterocycles. The summed E-state index contributed by atoms with van der Waals surface area (Å²) in [6, 6.07) is 13.0. The Morgan fingerprint density at radius 2 is 1.76 bits per heavy atom. The van der Waals surface area contributed by atoms with Crippen LogP contribution in [0.5, 0.6) is 0 Å². The lowest BCUT2D eigenvalue weighted by atomic mass is 10.1. The van der Waals surface area contributed by atoms with Gasteiger partial charge in [0.05, 0.1) is 6.61 Å². The highest BCUT2D eigenvalue weighted by Crippen LogP contribution is 2.10. The van der Waals surface area contributed by atoms with Crippen LogP contribution in [0.3, 0.4) is 0 Å². The first-order chi connectivity index (χ1) is 10.2. The Kier molecular flexibility index (Phi) is 5.29. The normalized spacial score (nSPS) is 10.2. The molecule has 0 fully saturated rings. The van der Waals surface area contributed by atoms with Crippen LogP contribution < -0.4 is 10.6 Å². The van der Waals surface area contributed by atoms with E-state index in [0.29, 0.717) is 18.8 Å². The van der Waals surface area contributed by atoms with Crippen molar-refractivity contribution in [3.63, 3.8) is 0 Å². The van der Waals surface area contributed by atoms with Crippen LogP contribution in [0.1, 0.15) is 11.1 Å². The summed E-state index contributed by atoms with van der Waals surface area (Å²) in [5, 5.41) is 5.40. The number of rotatable bonds is 5. The molecular weight excluding hydrogens is 271 g/mol. The number of amides is 2. The Bertz CT molecular complexity index is 599. The van der Waals surface area contributed by atoms with Crippen molar-refractivity contribution < 1.29 is 13.9 Å². The van der Waals surface area contributed by atoms with Gasteiger partial charge in [-0.25, -0.2) is 9.18 Å². The minimum absolute atomic E-state index is 0.338. The van der Waals surface area contributed by atoms with Crippen molar-refractivity contribution in [1.82, 2.24) is 5.32 Å². The Morgan fingerprint density at radius 3 is 2.43 bits per heavy atom. The molecule has 2 aromatic rings. The molecule has 2 amide bonds. The number of urea groups is 1. The lowest BCUT2D eigenvalue weighted by Gasteiger charge is -2.11. The molecular formula is C16H17FN2O2. The number of nitrogens with one attached hydrogen (secondary N) is 2. The topological polar surface area (TPSA) is 50.4 Å². The van der Waals surface area contributed by atoms with Crippen molar-refractivity contribution in [1.29, 1.82) is 0 Å². The van der Waals surface area contributed by atoms with Crippen molar-refractivity contribution in [2.75, 3.05) is 12.4 Å². The number of hydrogen-bond acceptors (Lipinski definition) is 2. The van der Waals surface area contributed by atoms with E-state index >= 15 is 0 Å². The number of anilines is 1. The molecule has 0 heterocycles. The average molecular weight is 288 g/mol. The van der Waals surface area contributed by atoms with Gasteiger partial charge in [0.2, 0.25) is 0 Å². The Morgan fingerprint density at radius 1 is 1.10 bits per heavy atom. The molecule has 2 rings (SSSR count). The number of methoxy groups -OCH3 is 1. The zero-order valence-electron chi connectivity index (χ0n) is 11.7. The molecule has 4 nitrogen and oxygen atoms in total. The van der Waals surface area contributed by atoms with Gasteiger partial charge in [-0.15, -0.1) is 0 Å². The first-order valence-electron chi connectivity index (χ1n) is 6.55. The maximum atomic E-state index is 12.8. The van der Waals surface area contributed by atoms with Crippen LogP contribution in [0, 0.1) is 5.82 Å². The van der Waals surface area contributed by atoms with Crippen molar-refractivity contribution in [3.05, 3.63) is 65.5 Å². The third kappa shape index (κ3) is 4.57. The van der Waals surface area contributed by atoms with Crippen LogP contribution in [0.25, 0.3) is 0 Å². The van der Waals surface area contributed by atoms with E-state index in [9.17, 15) is 9.18 Å². The molecule has 0 radical (unpaired) electrons. The summed E-state index contributed by atoms with van der Waals surface area (Å²) in [5.41, 5.74) is 2.56. The number of benzene rings is 2. The highest BCUT2D eigenvalue weighted by atomic mass is 19.1. The Hall–Kier alpha value is -2.40. The van der Waals surface area contributed by atoms with E-state index in [-0.39, 0.29) is 11.8 Å². The summed E-state index contributed by atoms with van der Waals surface area (Å²) in [6.45, 7) is 0.893. The number of ether oxygens (including phenoxy) is 1. The van der Waals surface area contributed by atoms with Gasteiger partial charge in [0.25, 0.3) is 0 Å². The van der Waals surface area contributed by atoms with E-state index in [1.165, 1.54) is 24.3 Å². The summed E-state index contributed by atoms with van der Waals surface area (Å²) in [5.74, 6) is -0.338. The fourth-order valence-electron chi connectivity index (χ4n) is 1.91. The molecule has 0 unspecified atom stereocenters. The molecule has 2 aromatic carbocycles. The van der Waals surface area contributed by atoms with Crippen LogP contribution in [0.4, 0.5) is 14.9 Å². The van der Waals surface area contributed by atoms with Gasteiger partial charge in [-0.2, -0.15) is 0 Å². The van der Waals surface area contributed by atoms with Crippen molar-refractivity contribution in [2.24, 2.45) is 0 Å². The second-order valence-corrected chi connectivity index (χ2v) is 4.52. The standard InChI is InChI=1S/C16H17FN2O2/c1-21-11-13-5-3-2-4-12(13)10-18-16(20)19-15-8-6-14(17)7-9-15/h2-9H,10-11H2,1H3,(H2,18,19,20). The van der Waals surface area contributed by atoms with Crippen LogP contribution in [-0.4, -0.2) is 13.1 Å². The first-order valence-corrected chi connectivity index (χ1v) is 6.55. The van der Waals surface area contributed by atoms with Crippen molar-refractivity contribution in [2.45, 2.75) is 13.2 Å². The minimum Gasteiger partial charge on any atom is -0.380 e. The van der Waals surface area contributed by atoms with E-state index in [1.54, 1.807) is 7.11 Å². The van der Waals surface area contributed by atoms with Gasteiger partial charge in [0.15, 0.2) is 0 Å². The average Bonchev–Trinajstić information content (AvgIpc) is 2.49. The maximum absolute atomic E-state index is 12.8. The molecule has 2 N–H and O–H groups in total. The second-order valence-electron chi connectivity index (χ2n) is 4.52. The summed E-state index contributed by atoms with van der Waals surface area (Å²) >= 11 is 0. The Balaban J connectivity index is 1.90. The molecule has 0 saturated carbocycles.